The van der Waals surface area contributed by atoms with Crippen molar-refractivity contribution in [2.24, 2.45) is 5.84 Å². The number of nitrogens with one attached hydrogen (secondary N) is 1. The van der Waals surface area contributed by atoms with Crippen LogP contribution in [0.3, 0.4) is 0 Å². The van der Waals surface area contributed by atoms with Crippen LogP contribution in [0.2, 0.25) is 5.02 Å². The van der Waals surface area contributed by atoms with Crippen LogP contribution < -0.4 is 11.3 Å². The van der Waals surface area contributed by atoms with Gasteiger partial charge in [-0.1, -0.05) is 31.0 Å². The molecule has 1 aromatic carbocycles. The van der Waals surface area contributed by atoms with E-state index < -0.39 is 0 Å². The van der Waals surface area contributed by atoms with Gasteiger partial charge in [0.25, 0.3) is 0 Å². The van der Waals surface area contributed by atoms with Gasteiger partial charge in [-0.25, -0.2) is 4.39 Å². The molecule has 3 nitrogen and oxygen atoms in total. The monoisotopic (exact) mass is 313 g/mol. The van der Waals surface area contributed by atoms with Crippen molar-refractivity contribution in [1.29, 1.82) is 0 Å². The van der Waals surface area contributed by atoms with Crippen LogP contribution in [0.15, 0.2) is 18.2 Å². The fourth-order valence-corrected chi connectivity index (χ4v) is 3.51. The Balaban J connectivity index is 2.35. The Bertz CT molecular complexity index is 477. The molecule has 1 heterocycles. The summed E-state index contributed by atoms with van der Waals surface area (Å²) < 4.78 is 14.3. The maximum Gasteiger partial charge on any atom is 0.129 e. The van der Waals surface area contributed by atoms with Gasteiger partial charge in [-0.15, -0.1) is 0 Å². The van der Waals surface area contributed by atoms with Gasteiger partial charge in [-0.05, 0) is 51.4 Å². The molecule has 0 bridgehead atoms. The first-order valence-corrected chi connectivity index (χ1v) is 8.07. The van der Waals surface area contributed by atoms with Gasteiger partial charge >= 0.3 is 0 Å². The fourth-order valence-electron chi connectivity index (χ4n) is 3.35. The van der Waals surface area contributed by atoms with Crippen molar-refractivity contribution in [3.63, 3.8) is 0 Å². The van der Waals surface area contributed by atoms with E-state index in [0.717, 1.165) is 19.5 Å². The lowest BCUT2D eigenvalue weighted by molar-refractivity contribution is 0.0413. The molecule has 2 atom stereocenters. The molecule has 1 aromatic rings. The summed E-state index contributed by atoms with van der Waals surface area (Å²) in [5, 5.41) is 0.406. The van der Waals surface area contributed by atoms with Gasteiger partial charge in [0, 0.05) is 16.1 Å². The molecule has 1 aliphatic rings. The van der Waals surface area contributed by atoms with E-state index in [1.807, 2.05) is 0 Å². The number of nitrogens with two attached hydrogens (primary N) is 1. The van der Waals surface area contributed by atoms with Gasteiger partial charge in [0.05, 0.1) is 6.04 Å². The van der Waals surface area contributed by atoms with Crippen molar-refractivity contribution >= 4 is 11.6 Å². The van der Waals surface area contributed by atoms with Crippen LogP contribution in [0.1, 0.15) is 51.1 Å². The van der Waals surface area contributed by atoms with E-state index in [1.165, 1.54) is 25.3 Å². The van der Waals surface area contributed by atoms with Gasteiger partial charge in [-0.2, -0.15) is 0 Å². The topological polar surface area (TPSA) is 41.3 Å². The number of likely N-dealkylation sites (tertiary alicyclic amines) is 1. The standard InChI is InChI=1S/C16H25ClFN3/c1-3-16(2,21-9-5-4-6-10-21)15(20-19)13-8-7-12(17)11-14(13)18/h7-8,11,15,20H,3-6,9-10,19H2,1-2H3. The van der Waals surface area contributed by atoms with Crippen LogP contribution in [0.25, 0.3) is 0 Å². The highest BCUT2D eigenvalue weighted by molar-refractivity contribution is 6.30. The van der Waals surface area contributed by atoms with E-state index in [9.17, 15) is 4.39 Å². The number of hydrazine groups is 1. The number of hydrogen-bond acceptors (Lipinski definition) is 3. The van der Waals surface area contributed by atoms with Crippen molar-refractivity contribution in [3.8, 4) is 0 Å². The van der Waals surface area contributed by atoms with Crippen LogP contribution >= 0.6 is 11.6 Å². The lowest BCUT2D eigenvalue weighted by Crippen LogP contribution is -2.57. The Morgan fingerprint density at radius 2 is 2.05 bits per heavy atom. The van der Waals surface area contributed by atoms with Crippen LogP contribution in [-0.4, -0.2) is 23.5 Å². The first kappa shape index (κ1) is 16.7. The molecule has 0 radical (unpaired) electrons. The van der Waals surface area contributed by atoms with E-state index in [2.05, 4.69) is 24.2 Å². The number of hydrogen-bond donors (Lipinski definition) is 2. The normalized spacial score (nSPS) is 21.0. The largest absolute Gasteiger partial charge is 0.296 e. The molecule has 2 rings (SSSR count). The van der Waals surface area contributed by atoms with E-state index in [-0.39, 0.29) is 17.4 Å². The number of piperidine rings is 1. The summed E-state index contributed by atoms with van der Waals surface area (Å²) in [6.45, 7) is 6.37. The molecule has 2 unspecified atom stereocenters. The van der Waals surface area contributed by atoms with E-state index in [0.29, 0.717) is 10.6 Å². The highest BCUT2D eigenvalue weighted by Gasteiger charge is 2.40. The average molecular weight is 314 g/mol. The number of benzene rings is 1. The molecule has 0 aliphatic carbocycles. The van der Waals surface area contributed by atoms with Gasteiger partial charge in [0.2, 0.25) is 0 Å². The van der Waals surface area contributed by atoms with Gasteiger partial charge in [0.15, 0.2) is 0 Å². The third-order valence-corrected chi connectivity index (χ3v) is 5.09. The highest BCUT2D eigenvalue weighted by Crippen LogP contribution is 2.37. The zero-order valence-electron chi connectivity index (χ0n) is 12.8. The molecule has 3 N–H and O–H groups in total. The van der Waals surface area contributed by atoms with Gasteiger partial charge < -0.3 is 0 Å². The van der Waals surface area contributed by atoms with E-state index >= 15 is 0 Å². The quantitative estimate of drug-likeness (QED) is 0.644. The average Bonchev–Trinajstić information content (AvgIpc) is 2.50. The van der Waals surface area contributed by atoms with E-state index in [1.54, 1.807) is 12.1 Å². The maximum atomic E-state index is 14.3. The molecule has 5 heteroatoms. The second-order valence-electron chi connectivity index (χ2n) is 6.02. The van der Waals surface area contributed by atoms with Crippen molar-refractivity contribution in [2.45, 2.75) is 51.1 Å². The fraction of sp³-hybridized carbons (Fsp3) is 0.625. The first-order chi connectivity index (χ1) is 10.0. The maximum absolute atomic E-state index is 14.3. The van der Waals surface area contributed by atoms with Crippen molar-refractivity contribution in [1.82, 2.24) is 10.3 Å². The smallest absolute Gasteiger partial charge is 0.129 e. The van der Waals surface area contributed by atoms with Crippen LogP contribution in [-0.2, 0) is 0 Å². The van der Waals surface area contributed by atoms with Crippen LogP contribution in [0, 0.1) is 5.82 Å². The molecular weight excluding hydrogens is 289 g/mol. The summed E-state index contributed by atoms with van der Waals surface area (Å²) in [6.07, 6.45) is 4.54. The third-order valence-electron chi connectivity index (χ3n) is 4.86. The number of nitrogens with zero attached hydrogens (tertiary/aromatic N) is 1. The molecule has 0 spiro atoms. The SMILES string of the molecule is CCC(C)(C(NN)c1ccc(Cl)cc1F)N1CCCCC1. The highest BCUT2D eigenvalue weighted by atomic mass is 35.5. The lowest BCUT2D eigenvalue weighted by Gasteiger charge is -2.48. The molecule has 0 amide bonds. The Morgan fingerprint density at radius 3 is 2.57 bits per heavy atom. The Labute approximate surface area is 131 Å². The van der Waals surface area contributed by atoms with Gasteiger partial charge in [-0.3, -0.25) is 16.2 Å². The Kier molecular flexibility index (Phi) is 5.60. The van der Waals surface area contributed by atoms with Crippen molar-refractivity contribution in [2.75, 3.05) is 13.1 Å². The molecule has 0 saturated carbocycles. The summed E-state index contributed by atoms with van der Waals surface area (Å²) in [5.74, 6) is 5.50. The van der Waals surface area contributed by atoms with Crippen molar-refractivity contribution < 1.29 is 4.39 Å². The molecule has 1 aliphatic heterocycles. The third kappa shape index (κ3) is 3.39. The summed E-state index contributed by atoms with van der Waals surface area (Å²) in [7, 11) is 0. The van der Waals surface area contributed by atoms with Crippen LogP contribution in [0.4, 0.5) is 4.39 Å². The minimum atomic E-state index is -0.304. The predicted octanol–water partition coefficient (Wildman–Crippen LogP) is 3.64. The number of halogens is 2. The Hall–Kier alpha value is -0.680. The van der Waals surface area contributed by atoms with Crippen molar-refractivity contribution in [3.05, 3.63) is 34.6 Å². The summed E-state index contributed by atoms with van der Waals surface area (Å²) in [4.78, 5) is 2.44. The summed E-state index contributed by atoms with van der Waals surface area (Å²) >= 11 is 5.86. The van der Waals surface area contributed by atoms with E-state index in [4.69, 9.17) is 17.4 Å². The summed E-state index contributed by atoms with van der Waals surface area (Å²) in [5.41, 5.74) is 3.20. The zero-order chi connectivity index (χ0) is 15.5. The Morgan fingerprint density at radius 1 is 1.38 bits per heavy atom. The first-order valence-electron chi connectivity index (χ1n) is 7.69. The second kappa shape index (κ2) is 7.05. The molecule has 1 saturated heterocycles. The molecule has 1 fully saturated rings. The molecule has 21 heavy (non-hydrogen) atoms. The molecule has 118 valence electrons. The summed E-state index contributed by atoms with van der Waals surface area (Å²) in [6, 6.07) is 4.54. The second-order valence-corrected chi connectivity index (χ2v) is 6.46. The zero-order valence-corrected chi connectivity index (χ0v) is 13.6. The number of rotatable bonds is 5. The molecular formula is C16H25ClFN3. The lowest BCUT2D eigenvalue weighted by atomic mass is 9.82. The minimum Gasteiger partial charge on any atom is -0.296 e. The van der Waals surface area contributed by atoms with Gasteiger partial charge in [0.1, 0.15) is 5.82 Å². The molecule has 0 aromatic heterocycles. The van der Waals surface area contributed by atoms with Crippen LogP contribution in [0.5, 0.6) is 0 Å². The minimum absolute atomic E-state index is 0.218. The predicted molar refractivity (Wildman–Crippen MR) is 85.6 cm³/mol.